The average molecular weight is 301 g/mol. The number of hydrogen-bond acceptors (Lipinski definition) is 3. The Morgan fingerprint density at radius 3 is 2.77 bits per heavy atom. The summed E-state index contributed by atoms with van der Waals surface area (Å²) in [6.45, 7) is 1.13. The van der Waals surface area contributed by atoms with E-state index in [1.54, 1.807) is 23.1 Å². The SMILES string of the molecule is O=C(Nc1ccccc1F)N1CC(n2cc(C3CC3)nn2)C1. The predicted molar refractivity (Wildman–Crippen MR) is 78.0 cm³/mol. The maximum atomic E-state index is 13.5. The zero-order valence-corrected chi connectivity index (χ0v) is 11.9. The monoisotopic (exact) mass is 301 g/mol. The fourth-order valence-electron chi connectivity index (χ4n) is 2.58. The molecule has 22 heavy (non-hydrogen) atoms. The molecule has 1 saturated carbocycles. The van der Waals surface area contributed by atoms with Crippen LogP contribution in [0, 0.1) is 5.82 Å². The van der Waals surface area contributed by atoms with Gasteiger partial charge in [-0.15, -0.1) is 5.10 Å². The van der Waals surface area contributed by atoms with Crippen molar-refractivity contribution in [3.63, 3.8) is 0 Å². The van der Waals surface area contributed by atoms with Crippen molar-refractivity contribution in [2.75, 3.05) is 18.4 Å². The van der Waals surface area contributed by atoms with Crippen molar-refractivity contribution in [2.45, 2.75) is 24.8 Å². The van der Waals surface area contributed by atoms with E-state index < -0.39 is 5.82 Å². The van der Waals surface area contributed by atoms with Gasteiger partial charge in [-0.25, -0.2) is 13.9 Å². The number of halogens is 1. The summed E-state index contributed by atoms with van der Waals surface area (Å²) in [6, 6.07) is 6.02. The number of para-hydroxylation sites is 1. The van der Waals surface area contributed by atoms with Gasteiger partial charge in [-0.2, -0.15) is 0 Å². The van der Waals surface area contributed by atoms with Gasteiger partial charge in [0.05, 0.1) is 17.4 Å². The first-order chi connectivity index (χ1) is 10.7. The molecule has 2 heterocycles. The third-order valence-electron chi connectivity index (χ3n) is 4.16. The zero-order chi connectivity index (χ0) is 15.1. The quantitative estimate of drug-likeness (QED) is 0.946. The van der Waals surface area contributed by atoms with E-state index in [0.717, 1.165) is 5.69 Å². The number of nitrogens with zero attached hydrogens (tertiary/aromatic N) is 4. The van der Waals surface area contributed by atoms with E-state index in [9.17, 15) is 9.18 Å². The summed E-state index contributed by atoms with van der Waals surface area (Å²) in [4.78, 5) is 13.7. The van der Waals surface area contributed by atoms with Crippen molar-refractivity contribution in [3.8, 4) is 0 Å². The molecule has 2 fully saturated rings. The highest BCUT2D eigenvalue weighted by atomic mass is 19.1. The molecule has 2 aliphatic rings. The van der Waals surface area contributed by atoms with Gasteiger partial charge in [0, 0.05) is 25.2 Å². The fraction of sp³-hybridized carbons (Fsp3) is 0.400. The molecular weight excluding hydrogens is 285 g/mol. The second-order valence-electron chi connectivity index (χ2n) is 5.87. The van der Waals surface area contributed by atoms with Gasteiger partial charge < -0.3 is 10.2 Å². The molecule has 2 aromatic rings. The van der Waals surface area contributed by atoms with E-state index in [2.05, 4.69) is 15.6 Å². The van der Waals surface area contributed by atoms with Crippen LogP contribution in [0.1, 0.15) is 30.5 Å². The topological polar surface area (TPSA) is 63.1 Å². The average Bonchev–Trinajstić information content (AvgIpc) is 3.20. The van der Waals surface area contributed by atoms with Crippen molar-refractivity contribution in [1.29, 1.82) is 0 Å². The first-order valence-corrected chi connectivity index (χ1v) is 7.43. The number of benzene rings is 1. The number of nitrogens with one attached hydrogen (secondary N) is 1. The molecule has 0 bridgehead atoms. The smallest absolute Gasteiger partial charge is 0.320 e. The molecule has 1 aromatic carbocycles. The summed E-state index contributed by atoms with van der Waals surface area (Å²) in [5.74, 6) is 0.146. The van der Waals surface area contributed by atoms with Crippen LogP contribution in [0.15, 0.2) is 30.5 Å². The third kappa shape index (κ3) is 2.43. The van der Waals surface area contributed by atoms with Crippen molar-refractivity contribution >= 4 is 11.7 Å². The summed E-state index contributed by atoms with van der Waals surface area (Å²) in [5.41, 5.74) is 1.25. The molecule has 1 saturated heterocycles. The highest BCUT2D eigenvalue weighted by Crippen LogP contribution is 2.39. The molecule has 0 radical (unpaired) electrons. The Hall–Kier alpha value is -2.44. The van der Waals surface area contributed by atoms with Gasteiger partial charge in [-0.3, -0.25) is 0 Å². The van der Waals surface area contributed by atoms with Crippen LogP contribution in [-0.4, -0.2) is 39.0 Å². The number of urea groups is 1. The molecule has 0 unspecified atom stereocenters. The van der Waals surface area contributed by atoms with E-state index >= 15 is 0 Å². The molecule has 1 N–H and O–H groups in total. The van der Waals surface area contributed by atoms with Gasteiger partial charge in [0.1, 0.15) is 5.82 Å². The highest BCUT2D eigenvalue weighted by Gasteiger charge is 2.34. The summed E-state index contributed by atoms with van der Waals surface area (Å²) in [7, 11) is 0. The predicted octanol–water partition coefficient (Wildman–Crippen LogP) is 2.38. The van der Waals surface area contributed by atoms with E-state index in [0.29, 0.717) is 19.0 Å². The molecule has 114 valence electrons. The second kappa shape index (κ2) is 5.08. The van der Waals surface area contributed by atoms with Crippen LogP contribution in [-0.2, 0) is 0 Å². The standard InChI is InChI=1S/C15H16FN5O/c16-12-3-1-2-4-13(12)17-15(22)20-7-11(8-20)21-9-14(18-19-21)10-5-6-10/h1-4,9-11H,5-8H2,(H,17,22). The molecular formula is C15H16FN5O. The van der Waals surface area contributed by atoms with Crippen LogP contribution in [0.2, 0.25) is 0 Å². The van der Waals surface area contributed by atoms with Crippen molar-refractivity contribution in [2.24, 2.45) is 0 Å². The molecule has 4 rings (SSSR count). The number of aromatic nitrogens is 3. The van der Waals surface area contributed by atoms with Crippen LogP contribution in [0.5, 0.6) is 0 Å². The summed E-state index contributed by atoms with van der Waals surface area (Å²) in [5, 5.41) is 10.9. The number of carbonyl (C=O) groups excluding carboxylic acids is 1. The minimum atomic E-state index is -0.432. The van der Waals surface area contributed by atoms with E-state index in [-0.39, 0.29) is 17.8 Å². The summed E-state index contributed by atoms with van der Waals surface area (Å²) < 4.78 is 15.3. The Morgan fingerprint density at radius 2 is 2.05 bits per heavy atom. The van der Waals surface area contributed by atoms with Gasteiger partial charge in [-0.05, 0) is 25.0 Å². The van der Waals surface area contributed by atoms with Crippen molar-refractivity contribution in [1.82, 2.24) is 19.9 Å². The fourth-order valence-corrected chi connectivity index (χ4v) is 2.58. The molecule has 6 nitrogen and oxygen atoms in total. The summed E-state index contributed by atoms with van der Waals surface area (Å²) in [6.07, 6.45) is 4.37. The maximum absolute atomic E-state index is 13.5. The largest absolute Gasteiger partial charge is 0.322 e. The van der Waals surface area contributed by atoms with E-state index in [1.165, 1.54) is 18.9 Å². The maximum Gasteiger partial charge on any atom is 0.322 e. The lowest BCUT2D eigenvalue weighted by atomic mass is 10.1. The van der Waals surface area contributed by atoms with Crippen LogP contribution < -0.4 is 5.32 Å². The van der Waals surface area contributed by atoms with Crippen LogP contribution in [0.25, 0.3) is 0 Å². The van der Waals surface area contributed by atoms with Crippen LogP contribution >= 0.6 is 0 Å². The molecule has 1 aliphatic heterocycles. The summed E-state index contributed by atoms with van der Waals surface area (Å²) >= 11 is 0. The van der Waals surface area contributed by atoms with Gasteiger partial charge in [0.15, 0.2) is 0 Å². The first-order valence-electron chi connectivity index (χ1n) is 7.43. The Bertz CT molecular complexity index is 705. The number of rotatable bonds is 3. The highest BCUT2D eigenvalue weighted by molar-refractivity contribution is 5.90. The number of anilines is 1. The van der Waals surface area contributed by atoms with Crippen molar-refractivity contribution in [3.05, 3.63) is 42.0 Å². The minimum absolute atomic E-state index is 0.159. The van der Waals surface area contributed by atoms with Gasteiger partial charge in [0.25, 0.3) is 0 Å². The first kappa shape index (κ1) is 13.2. The lowest BCUT2D eigenvalue weighted by molar-refractivity contribution is 0.127. The number of amides is 2. The molecule has 0 atom stereocenters. The van der Waals surface area contributed by atoms with E-state index in [4.69, 9.17) is 0 Å². The molecule has 1 aliphatic carbocycles. The Morgan fingerprint density at radius 1 is 1.27 bits per heavy atom. The van der Waals surface area contributed by atoms with Crippen LogP contribution in [0.4, 0.5) is 14.9 Å². The van der Waals surface area contributed by atoms with Crippen LogP contribution in [0.3, 0.4) is 0 Å². The lowest BCUT2D eigenvalue weighted by Gasteiger charge is -2.38. The van der Waals surface area contributed by atoms with Gasteiger partial charge in [-0.1, -0.05) is 17.3 Å². The Kier molecular flexibility index (Phi) is 3.06. The number of hydrogen-bond donors (Lipinski definition) is 1. The van der Waals surface area contributed by atoms with Crippen molar-refractivity contribution < 1.29 is 9.18 Å². The molecule has 0 spiro atoms. The second-order valence-corrected chi connectivity index (χ2v) is 5.87. The number of likely N-dealkylation sites (tertiary alicyclic amines) is 1. The molecule has 2 amide bonds. The normalized spacial score (nSPS) is 18.1. The minimum Gasteiger partial charge on any atom is -0.320 e. The number of carbonyl (C=O) groups is 1. The lowest BCUT2D eigenvalue weighted by Crippen LogP contribution is -2.52. The molecule has 1 aromatic heterocycles. The zero-order valence-electron chi connectivity index (χ0n) is 11.9. The van der Waals surface area contributed by atoms with E-state index in [1.807, 2.05) is 10.9 Å². The Balaban J connectivity index is 1.34. The Labute approximate surface area is 126 Å². The van der Waals surface area contributed by atoms with Gasteiger partial charge in [0.2, 0.25) is 0 Å². The third-order valence-corrected chi connectivity index (χ3v) is 4.16. The van der Waals surface area contributed by atoms with Gasteiger partial charge >= 0.3 is 6.03 Å². The molecule has 7 heteroatoms.